The molecule has 0 amide bonds. The Morgan fingerprint density at radius 3 is 1.41 bits per heavy atom. The first kappa shape index (κ1) is 39.8. The molecule has 2 aliphatic rings. The highest BCUT2D eigenvalue weighted by Gasteiger charge is 2.52. The van der Waals surface area contributed by atoms with Crippen molar-refractivity contribution >= 4 is 38.7 Å². The van der Waals surface area contributed by atoms with Crippen LogP contribution in [0.25, 0.3) is 89.4 Å². The summed E-state index contributed by atoms with van der Waals surface area (Å²) in [5, 5.41) is 3.50. The number of para-hydroxylation sites is 4. The zero-order chi connectivity index (χ0) is 46.2. The van der Waals surface area contributed by atoms with Gasteiger partial charge in [0.1, 0.15) is 0 Å². The van der Waals surface area contributed by atoms with E-state index in [-0.39, 0.29) is 0 Å². The molecule has 326 valence electrons. The van der Waals surface area contributed by atoms with Crippen LogP contribution in [-0.2, 0) is 5.41 Å². The van der Waals surface area contributed by atoms with E-state index in [1.54, 1.807) is 0 Å². The number of benzene rings is 10. The molecule has 0 bridgehead atoms. The number of anilines is 3. The predicted octanol–water partition coefficient (Wildman–Crippen LogP) is 16.1. The molecule has 70 heavy (non-hydrogen) atoms. The van der Waals surface area contributed by atoms with E-state index in [0.717, 1.165) is 72.4 Å². The first-order valence-electron chi connectivity index (χ1n) is 23.8. The van der Waals surface area contributed by atoms with Gasteiger partial charge in [-0.1, -0.05) is 212 Å². The van der Waals surface area contributed by atoms with Crippen LogP contribution in [0, 0.1) is 0 Å². The average Bonchev–Trinajstić information content (AvgIpc) is 3.74. The Morgan fingerprint density at radius 2 is 0.800 bits per heavy atom. The Hall–Kier alpha value is -9.32. The van der Waals surface area contributed by atoms with Crippen LogP contribution in [0.15, 0.2) is 249 Å². The van der Waals surface area contributed by atoms with Crippen LogP contribution in [0.5, 0.6) is 0 Å². The van der Waals surface area contributed by atoms with Gasteiger partial charge in [0.25, 0.3) is 0 Å². The molecule has 12 aromatic rings. The van der Waals surface area contributed by atoms with Gasteiger partial charge in [-0.3, -0.25) is 0 Å². The topological polar surface area (TPSA) is 54.8 Å². The number of aromatic nitrogens is 4. The molecule has 0 atom stereocenters. The maximum absolute atomic E-state index is 5.38. The van der Waals surface area contributed by atoms with Gasteiger partial charge < -0.3 is 4.90 Å². The highest BCUT2D eigenvalue weighted by molar-refractivity contribution is 6.20. The second kappa shape index (κ2) is 15.9. The highest BCUT2D eigenvalue weighted by Crippen LogP contribution is 2.65. The summed E-state index contributed by atoms with van der Waals surface area (Å²) >= 11 is 0. The molecule has 0 saturated carbocycles. The largest absolute Gasteiger partial charge is 0.310 e. The Balaban J connectivity index is 1.01. The summed E-state index contributed by atoms with van der Waals surface area (Å²) in [5.41, 5.74) is 18.4. The quantitative estimate of drug-likeness (QED) is 0.156. The highest BCUT2D eigenvalue weighted by atomic mass is 15.2. The third-order valence-corrected chi connectivity index (χ3v) is 14.3. The van der Waals surface area contributed by atoms with Gasteiger partial charge in [-0.05, 0) is 80.9 Å². The van der Waals surface area contributed by atoms with E-state index in [0.29, 0.717) is 17.5 Å². The molecule has 2 aromatic heterocycles. The summed E-state index contributed by atoms with van der Waals surface area (Å²) < 4.78 is 0. The minimum absolute atomic E-state index is 0.629. The molecule has 0 radical (unpaired) electrons. The van der Waals surface area contributed by atoms with Gasteiger partial charge in [0.15, 0.2) is 17.5 Å². The van der Waals surface area contributed by atoms with E-state index in [4.69, 9.17) is 19.9 Å². The third kappa shape index (κ3) is 6.05. The van der Waals surface area contributed by atoms with E-state index < -0.39 is 5.41 Å². The molecule has 1 aliphatic carbocycles. The van der Waals surface area contributed by atoms with Crippen LogP contribution in [0.3, 0.4) is 0 Å². The van der Waals surface area contributed by atoms with Crippen molar-refractivity contribution in [1.29, 1.82) is 0 Å². The van der Waals surface area contributed by atoms with Crippen molar-refractivity contribution < 1.29 is 0 Å². The number of nitrogens with zero attached hydrogens (tertiary/aromatic N) is 5. The van der Waals surface area contributed by atoms with Crippen molar-refractivity contribution in [3.05, 3.63) is 271 Å². The van der Waals surface area contributed by atoms with E-state index in [2.05, 4.69) is 193 Å². The van der Waals surface area contributed by atoms with E-state index in [1.165, 1.54) is 38.8 Å². The minimum Gasteiger partial charge on any atom is -0.310 e. The van der Waals surface area contributed by atoms with Crippen molar-refractivity contribution in [1.82, 2.24) is 19.9 Å². The lowest BCUT2D eigenvalue weighted by atomic mass is 9.64. The lowest BCUT2D eigenvalue weighted by molar-refractivity contribution is 0.753. The van der Waals surface area contributed by atoms with Crippen molar-refractivity contribution in [2.45, 2.75) is 5.41 Å². The molecule has 0 fully saturated rings. The SMILES string of the molecule is c1ccc(-c2nc(-c3ccccc3)nc(-c3ccc(-c4ccc5c(c4)C4(c6ccccc6N(c6ccccc6)c6ccccc64)c4ccc6c(-c7ccccc7)nc7ccccc7c6c4-5)cc3)n2)cc1. The van der Waals surface area contributed by atoms with Crippen LogP contribution < -0.4 is 4.90 Å². The van der Waals surface area contributed by atoms with Gasteiger partial charge in [0.05, 0.1) is 28.0 Å². The molecule has 1 aliphatic heterocycles. The third-order valence-electron chi connectivity index (χ3n) is 14.3. The van der Waals surface area contributed by atoms with Crippen molar-refractivity contribution in [3.8, 4) is 67.7 Å². The zero-order valence-electron chi connectivity index (χ0n) is 37.9. The molecule has 3 heterocycles. The van der Waals surface area contributed by atoms with E-state index in [9.17, 15) is 0 Å². The molecule has 10 aromatic carbocycles. The number of pyridine rings is 1. The Kier molecular flexibility index (Phi) is 9.04. The Bertz CT molecular complexity index is 3880. The summed E-state index contributed by atoms with van der Waals surface area (Å²) in [4.78, 5) is 22.8. The minimum atomic E-state index is -0.670. The molecule has 0 saturated heterocycles. The van der Waals surface area contributed by atoms with Crippen LogP contribution in [-0.4, -0.2) is 19.9 Å². The maximum Gasteiger partial charge on any atom is 0.164 e. The molecular weight excluding hydrogens is 851 g/mol. The number of fused-ring (bicyclic) bond motifs is 13. The normalized spacial score (nSPS) is 12.9. The van der Waals surface area contributed by atoms with Crippen molar-refractivity contribution in [2.24, 2.45) is 0 Å². The summed E-state index contributed by atoms with van der Waals surface area (Å²) in [6, 6.07) is 89.0. The lowest BCUT2D eigenvalue weighted by Gasteiger charge is -2.45. The van der Waals surface area contributed by atoms with Gasteiger partial charge in [-0.2, -0.15) is 0 Å². The first-order valence-corrected chi connectivity index (χ1v) is 23.8. The smallest absolute Gasteiger partial charge is 0.164 e. The van der Waals surface area contributed by atoms with Gasteiger partial charge in [0.2, 0.25) is 0 Å². The van der Waals surface area contributed by atoms with Gasteiger partial charge in [-0.25, -0.2) is 19.9 Å². The van der Waals surface area contributed by atoms with Gasteiger partial charge in [-0.15, -0.1) is 0 Å². The number of hydrogen-bond donors (Lipinski definition) is 0. The molecule has 5 nitrogen and oxygen atoms in total. The first-order chi connectivity index (χ1) is 34.7. The van der Waals surface area contributed by atoms with Gasteiger partial charge in [0, 0.05) is 44.1 Å². The number of rotatable bonds is 6. The Morgan fingerprint density at radius 1 is 0.314 bits per heavy atom. The fraction of sp³-hybridized carbons (Fsp3) is 0.0154. The van der Waals surface area contributed by atoms with Gasteiger partial charge >= 0.3 is 0 Å². The molecule has 0 N–H and O–H groups in total. The van der Waals surface area contributed by atoms with Crippen LogP contribution in [0.2, 0.25) is 0 Å². The summed E-state index contributed by atoms with van der Waals surface area (Å²) in [6.07, 6.45) is 0. The number of hydrogen-bond acceptors (Lipinski definition) is 5. The summed E-state index contributed by atoms with van der Waals surface area (Å²) in [6.45, 7) is 0. The second-order valence-electron chi connectivity index (χ2n) is 18.1. The van der Waals surface area contributed by atoms with E-state index >= 15 is 0 Å². The van der Waals surface area contributed by atoms with Crippen molar-refractivity contribution in [2.75, 3.05) is 4.90 Å². The molecule has 5 heteroatoms. The lowest BCUT2D eigenvalue weighted by Crippen LogP contribution is -2.36. The molecule has 14 rings (SSSR count). The Labute approximate surface area is 405 Å². The second-order valence-corrected chi connectivity index (χ2v) is 18.1. The summed E-state index contributed by atoms with van der Waals surface area (Å²) in [5.74, 6) is 1.91. The average molecular weight is 892 g/mol. The van der Waals surface area contributed by atoms with Crippen molar-refractivity contribution in [3.63, 3.8) is 0 Å². The summed E-state index contributed by atoms with van der Waals surface area (Å²) in [7, 11) is 0. The molecule has 0 unspecified atom stereocenters. The zero-order valence-corrected chi connectivity index (χ0v) is 37.9. The standard InChI is InChI=1S/C65H41N5/c1-5-19-43(20-6-1)61-51-39-40-54-60(59(51)50-27-13-16-30-56(50)66-61)49-38-37-47(41-55(49)65(54)52-28-14-17-31-57(52)70(48-25-11-4-12-26-48)58-32-18-15-29-53(58)65)42-33-35-46(36-34-42)64-68-62(44-21-7-2-8-22-44)67-63(69-64)45-23-9-3-10-24-45/h1-41H. The van der Waals surface area contributed by atoms with Crippen LogP contribution in [0.1, 0.15) is 22.3 Å². The van der Waals surface area contributed by atoms with Crippen LogP contribution in [0.4, 0.5) is 17.1 Å². The van der Waals surface area contributed by atoms with Crippen LogP contribution >= 0.6 is 0 Å². The monoisotopic (exact) mass is 891 g/mol. The maximum atomic E-state index is 5.38. The molecule has 1 spiro atoms. The molecular formula is C65H41N5. The fourth-order valence-corrected chi connectivity index (χ4v) is 11.3. The predicted molar refractivity (Wildman–Crippen MR) is 285 cm³/mol. The van der Waals surface area contributed by atoms with E-state index in [1.807, 2.05) is 60.7 Å². The fourth-order valence-electron chi connectivity index (χ4n) is 11.3.